The number of anilines is 2. The van der Waals surface area contributed by atoms with Gasteiger partial charge in [0.1, 0.15) is 30.4 Å². The first-order valence-corrected chi connectivity index (χ1v) is 12.5. The van der Waals surface area contributed by atoms with Gasteiger partial charge in [-0.1, -0.05) is 25.8 Å². The van der Waals surface area contributed by atoms with Crippen LogP contribution in [0.5, 0.6) is 5.75 Å². The lowest BCUT2D eigenvalue weighted by atomic mass is 9.95. The van der Waals surface area contributed by atoms with Gasteiger partial charge in [-0.15, -0.1) is 0 Å². The minimum atomic E-state index is -0.525. The lowest BCUT2D eigenvalue weighted by molar-refractivity contribution is -0.127. The van der Waals surface area contributed by atoms with Crippen molar-refractivity contribution in [3.8, 4) is 5.75 Å². The first-order valence-electron chi connectivity index (χ1n) is 12.5. The Morgan fingerprint density at radius 1 is 1.05 bits per heavy atom. The van der Waals surface area contributed by atoms with E-state index in [2.05, 4.69) is 27.5 Å². The Bertz CT molecular complexity index is 1210. The Hall–Kier alpha value is -3.72. The number of nitrogens with one attached hydrogen (secondary N) is 3. The van der Waals surface area contributed by atoms with Crippen molar-refractivity contribution >= 4 is 41.8 Å². The fraction of sp³-hybridized carbons (Fsp3) is 0.393. The van der Waals surface area contributed by atoms with Crippen molar-refractivity contribution in [3.63, 3.8) is 0 Å². The van der Waals surface area contributed by atoms with Crippen LogP contribution in [0.4, 0.5) is 15.8 Å². The number of benzene rings is 2. The van der Waals surface area contributed by atoms with Gasteiger partial charge >= 0.3 is 0 Å². The fourth-order valence-corrected chi connectivity index (χ4v) is 4.17. The van der Waals surface area contributed by atoms with Gasteiger partial charge in [0.2, 0.25) is 11.8 Å². The highest BCUT2D eigenvalue weighted by atomic mass is 19.1. The van der Waals surface area contributed by atoms with Crippen LogP contribution < -0.4 is 31.1 Å². The average Bonchev–Trinajstić information content (AvgIpc) is 2.85. The lowest BCUT2D eigenvalue weighted by Crippen LogP contribution is -2.37. The van der Waals surface area contributed by atoms with Crippen LogP contribution >= 0.6 is 0 Å². The normalized spacial score (nSPS) is 14.8. The molecule has 0 aromatic heterocycles. The number of methoxy groups -OCH3 is 1. The van der Waals surface area contributed by atoms with Gasteiger partial charge < -0.3 is 25.4 Å². The zero-order chi connectivity index (χ0) is 26.6. The summed E-state index contributed by atoms with van der Waals surface area (Å²) in [5, 5.41) is 9.42. The topological polar surface area (TPSA) is 101 Å². The van der Waals surface area contributed by atoms with Crippen molar-refractivity contribution in [2.45, 2.75) is 51.5 Å². The molecule has 37 heavy (non-hydrogen) atoms. The third kappa shape index (κ3) is 8.71. The Balaban J connectivity index is 1.65. The first kappa shape index (κ1) is 27.9. The molecule has 1 aliphatic carbocycles. The van der Waals surface area contributed by atoms with Crippen molar-refractivity contribution in [2.24, 2.45) is 4.99 Å². The molecule has 0 bridgehead atoms. The lowest BCUT2D eigenvalue weighted by Gasteiger charge is -2.22. The molecule has 3 rings (SSSR count). The molecule has 198 valence electrons. The smallest absolute Gasteiger partial charge is 0.233 e. The van der Waals surface area contributed by atoms with Crippen LogP contribution in [0.1, 0.15) is 45.4 Å². The standard InChI is InChI=1S/C28H35FN4O4/c1-4-30-28(27-19(2)16-23(17-24(27)29)37-15-14-36-3)33-22-12-10-21(11-13-22)32-26(35)18-25(34)31-20-8-6-5-7-9-20/h4,10-13,16-17,20,33H,2,5-9,14-15,18H2,1,3H3,(H,31,34)(H,32,35)/b28-27-,30-4-. The van der Waals surface area contributed by atoms with Gasteiger partial charge in [0.15, 0.2) is 0 Å². The molecule has 3 N–H and O–H groups in total. The van der Waals surface area contributed by atoms with Crippen molar-refractivity contribution in [2.75, 3.05) is 31.0 Å². The largest absolute Gasteiger partial charge is 0.491 e. The highest BCUT2D eigenvalue weighted by Crippen LogP contribution is 2.18. The molecular weight excluding hydrogens is 475 g/mol. The Morgan fingerprint density at radius 3 is 2.35 bits per heavy atom. The van der Waals surface area contributed by atoms with E-state index in [1.165, 1.54) is 12.5 Å². The summed E-state index contributed by atoms with van der Waals surface area (Å²) in [4.78, 5) is 28.8. The van der Waals surface area contributed by atoms with E-state index in [1.54, 1.807) is 50.6 Å². The number of hydrogen-bond acceptors (Lipinski definition) is 6. The van der Waals surface area contributed by atoms with E-state index in [9.17, 15) is 14.0 Å². The molecule has 8 nitrogen and oxygen atoms in total. The molecule has 2 aromatic carbocycles. The molecule has 0 spiro atoms. The summed E-state index contributed by atoms with van der Waals surface area (Å²) in [6.45, 7) is 6.37. The number of ether oxygens (including phenoxy) is 2. The van der Waals surface area contributed by atoms with Crippen LogP contribution in [0, 0.1) is 5.82 Å². The van der Waals surface area contributed by atoms with E-state index in [0.717, 1.165) is 25.7 Å². The maximum absolute atomic E-state index is 15.0. The molecule has 0 atom stereocenters. The molecule has 0 aliphatic heterocycles. The number of halogens is 1. The Morgan fingerprint density at radius 2 is 1.73 bits per heavy atom. The maximum atomic E-state index is 15.0. The van der Waals surface area contributed by atoms with Gasteiger partial charge in [-0.2, -0.15) is 0 Å². The summed E-state index contributed by atoms with van der Waals surface area (Å²) >= 11 is 0. The maximum Gasteiger partial charge on any atom is 0.233 e. The van der Waals surface area contributed by atoms with E-state index in [-0.39, 0.29) is 35.3 Å². The number of carbonyl (C=O) groups excluding carboxylic acids is 2. The van der Waals surface area contributed by atoms with Gasteiger partial charge in [-0.3, -0.25) is 9.59 Å². The Kier molecular flexibility index (Phi) is 10.6. The minimum Gasteiger partial charge on any atom is -0.491 e. The van der Waals surface area contributed by atoms with Crippen LogP contribution in [-0.2, 0) is 14.3 Å². The number of amides is 2. The molecule has 2 aromatic rings. The number of nitrogens with zero attached hydrogens (tertiary/aromatic N) is 1. The molecule has 9 heteroatoms. The van der Waals surface area contributed by atoms with Crippen molar-refractivity contribution in [3.05, 3.63) is 52.7 Å². The third-order valence-electron chi connectivity index (χ3n) is 5.92. The summed E-state index contributed by atoms with van der Waals surface area (Å²) in [5.74, 6) is -0.530. The number of carbonyl (C=O) groups is 2. The molecular formula is C28H35FN4O4. The van der Waals surface area contributed by atoms with Crippen LogP contribution in [0.3, 0.4) is 0 Å². The molecule has 2 amide bonds. The predicted molar refractivity (Wildman–Crippen MR) is 144 cm³/mol. The zero-order valence-electron chi connectivity index (χ0n) is 21.4. The Labute approximate surface area is 216 Å². The molecule has 0 unspecified atom stereocenters. The van der Waals surface area contributed by atoms with Gasteiger partial charge in [-0.05, 0) is 55.3 Å². The second-order valence-corrected chi connectivity index (χ2v) is 8.85. The predicted octanol–water partition coefficient (Wildman–Crippen LogP) is 3.31. The van der Waals surface area contributed by atoms with Gasteiger partial charge in [-0.25, -0.2) is 9.38 Å². The van der Waals surface area contributed by atoms with Gasteiger partial charge in [0.25, 0.3) is 0 Å². The summed E-state index contributed by atoms with van der Waals surface area (Å²) < 4.78 is 25.4. The van der Waals surface area contributed by atoms with Crippen LogP contribution in [0.15, 0.2) is 41.4 Å². The number of hydrogen-bond donors (Lipinski definition) is 3. The second kappa shape index (κ2) is 14.1. The van der Waals surface area contributed by atoms with E-state index < -0.39 is 5.82 Å². The van der Waals surface area contributed by atoms with Gasteiger partial charge in [0.05, 0.1) is 11.8 Å². The monoisotopic (exact) mass is 510 g/mol. The highest BCUT2D eigenvalue weighted by Gasteiger charge is 2.17. The molecule has 0 radical (unpaired) electrons. The van der Waals surface area contributed by atoms with Crippen LogP contribution in [0.25, 0.3) is 12.4 Å². The third-order valence-corrected chi connectivity index (χ3v) is 5.92. The SMILES string of the molecule is C=c1cc(OCCOC)cc(F)/c1=C(/N=C\C)Nc1ccc(NC(=O)CC(=O)NC2CCCCC2)cc1. The first-order chi connectivity index (χ1) is 17.9. The number of rotatable bonds is 11. The molecule has 1 aliphatic rings. The summed E-state index contributed by atoms with van der Waals surface area (Å²) in [7, 11) is 1.56. The van der Waals surface area contributed by atoms with E-state index >= 15 is 0 Å². The van der Waals surface area contributed by atoms with Crippen molar-refractivity contribution < 1.29 is 23.5 Å². The summed E-state index contributed by atoms with van der Waals surface area (Å²) in [6, 6.07) is 9.94. The molecule has 0 heterocycles. The van der Waals surface area contributed by atoms with Crippen molar-refractivity contribution in [1.29, 1.82) is 0 Å². The van der Waals surface area contributed by atoms with E-state index in [0.29, 0.717) is 35.6 Å². The fourth-order valence-electron chi connectivity index (χ4n) is 4.17. The quantitative estimate of drug-likeness (QED) is 0.245. The van der Waals surface area contributed by atoms with Crippen LogP contribution in [-0.4, -0.2) is 44.4 Å². The highest BCUT2D eigenvalue weighted by molar-refractivity contribution is 6.03. The van der Waals surface area contributed by atoms with E-state index in [4.69, 9.17) is 9.47 Å². The van der Waals surface area contributed by atoms with Gasteiger partial charge in [0, 0.05) is 36.8 Å². The minimum absolute atomic E-state index is 0.165. The summed E-state index contributed by atoms with van der Waals surface area (Å²) in [5.41, 5.74) is 1.18. The number of aliphatic imine (C=N–C) groups is 1. The molecule has 1 fully saturated rings. The molecule has 0 saturated heterocycles. The van der Waals surface area contributed by atoms with E-state index in [1.807, 2.05) is 0 Å². The molecule has 1 saturated carbocycles. The zero-order valence-corrected chi connectivity index (χ0v) is 21.4. The van der Waals surface area contributed by atoms with Crippen LogP contribution in [0.2, 0.25) is 0 Å². The average molecular weight is 511 g/mol. The van der Waals surface area contributed by atoms with Crippen molar-refractivity contribution in [1.82, 2.24) is 5.32 Å². The second-order valence-electron chi connectivity index (χ2n) is 8.85. The summed E-state index contributed by atoms with van der Waals surface area (Å²) in [6.07, 6.45) is 6.68.